The van der Waals surface area contributed by atoms with Crippen LogP contribution in [0.15, 0.2) is 47.9 Å². The maximum absolute atomic E-state index is 12.1. The Kier molecular flexibility index (Phi) is 4.58. The molecule has 1 aromatic carbocycles. The number of hydrogen-bond acceptors (Lipinski definition) is 5. The Balaban J connectivity index is 1.43. The van der Waals surface area contributed by atoms with Crippen molar-refractivity contribution in [2.24, 2.45) is 0 Å². The SMILES string of the molecule is Cc1ccccc1OC1CN(C(=O)CSc2ncccn2)C1. The Labute approximate surface area is 133 Å². The molecule has 0 atom stereocenters. The van der Waals surface area contributed by atoms with Gasteiger partial charge in [-0.15, -0.1) is 0 Å². The highest BCUT2D eigenvalue weighted by molar-refractivity contribution is 7.99. The number of amides is 1. The van der Waals surface area contributed by atoms with Crippen molar-refractivity contribution < 1.29 is 9.53 Å². The molecule has 6 heteroatoms. The molecule has 1 fully saturated rings. The first-order valence-electron chi connectivity index (χ1n) is 7.12. The molecule has 0 bridgehead atoms. The molecule has 2 heterocycles. The van der Waals surface area contributed by atoms with E-state index in [1.165, 1.54) is 11.8 Å². The maximum atomic E-state index is 12.1. The van der Waals surface area contributed by atoms with Gasteiger partial charge in [0.05, 0.1) is 18.8 Å². The van der Waals surface area contributed by atoms with E-state index < -0.39 is 0 Å². The van der Waals surface area contributed by atoms with Gasteiger partial charge in [0.25, 0.3) is 0 Å². The second kappa shape index (κ2) is 6.79. The molecule has 1 saturated heterocycles. The van der Waals surface area contributed by atoms with Crippen LogP contribution < -0.4 is 4.74 Å². The molecule has 0 saturated carbocycles. The van der Waals surface area contributed by atoms with Crippen LogP contribution in [0.1, 0.15) is 5.56 Å². The quantitative estimate of drug-likeness (QED) is 0.625. The van der Waals surface area contributed by atoms with Gasteiger partial charge < -0.3 is 9.64 Å². The smallest absolute Gasteiger partial charge is 0.233 e. The lowest BCUT2D eigenvalue weighted by atomic mass is 10.1. The zero-order valence-electron chi connectivity index (χ0n) is 12.3. The molecule has 0 spiro atoms. The van der Waals surface area contributed by atoms with Crippen LogP contribution in [0, 0.1) is 6.92 Å². The molecule has 2 aromatic rings. The molecular formula is C16H17N3O2S. The second-order valence-electron chi connectivity index (χ2n) is 5.12. The number of para-hydroxylation sites is 1. The Hall–Kier alpha value is -2.08. The van der Waals surface area contributed by atoms with E-state index in [4.69, 9.17) is 4.74 Å². The van der Waals surface area contributed by atoms with Crippen LogP contribution in [0.4, 0.5) is 0 Å². The van der Waals surface area contributed by atoms with E-state index >= 15 is 0 Å². The van der Waals surface area contributed by atoms with Crippen LogP contribution in [0.3, 0.4) is 0 Å². The average molecular weight is 315 g/mol. The van der Waals surface area contributed by atoms with Crippen LogP contribution >= 0.6 is 11.8 Å². The van der Waals surface area contributed by atoms with E-state index in [9.17, 15) is 4.79 Å². The summed E-state index contributed by atoms with van der Waals surface area (Å²) < 4.78 is 5.90. The predicted octanol–water partition coefficient (Wildman–Crippen LogP) is 2.17. The summed E-state index contributed by atoms with van der Waals surface area (Å²) in [6.45, 7) is 3.31. The summed E-state index contributed by atoms with van der Waals surface area (Å²) in [6, 6.07) is 9.69. The van der Waals surface area contributed by atoms with Crippen molar-refractivity contribution in [3.8, 4) is 5.75 Å². The van der Waals surface area contributed by atoms with E-state index in [1.807, 2.05) is 31.2 Å². The fourth-order valence-corrected chi connectivity index (χ4v) is 2.87. The third kappa shape index (κ3) is 3.57. The lowest BCUT2D eigenvalue weighted by Gasteiger charge is -2.39. The molecule has 0 N–H and O–H groups in total. The second-order valence-corrected chi connectivity index (χ2v) is 6.07. The van der Waals surface area contributed by atoms with Gasteiger partial charge in [0, 0.05) is 12.4 Å². The summed E-state index contributed by atoms with van der Waals surface area (Å²) in [5.41, 5.74) is 1.11. The number of ether oxygens (including phenoxy) is 1. The number of rotatable bonds is 5. The van der Waals surface area contributed by atoms with Gasteiger partial charge in [-0.2, -0.15) is 0 Å². The van der Waals surface area contributed by atoms with Gasteiger partial charge in [0.1, 0.15) is 11.9 Å². The fraction of sp³-hybridized carbons (Fsp3) is 0.312. The number of thioether (sulfide) groups is 1. The van der Waals surface area contributed by atoms with E-state index in [2.05, 4.69) is 9.97 Å². The van der Waals surface area contributed by atoms with Crippen molar-refractivity contribution in [2.75, 3.05) is 18.8 Å². The van der Waals surface area contributed by atoms with Gasteiger partial charge in [0.2, 0.25) is 5.91 Å². The van der Waals surface area contributed by atoms with Crippen LogP contribution in [0.2, 0.25) is 0 Å². The molecule has 0 unspecified atom stereocenters. The Morgan fingerprint density at radius 2 is 2.00 bits per heavy atom. The predicted molar refractivity (Wildman–Crippen MR) is 84.9 cm³/mol. The van der Waals surface area contributed by atoms with Crippen LogP contribution in [-0.4, -0.2) is 45.7 Å². The van der Waals surface area contributed by atoms with E-state index in [1.54, 1.807) is 23.4 Å². The topological polar surface area (TPSA) is 55.3 Å². The summed E-state index contributed by atoms with van der Waals surface area (Å²) in [6.07, 6.45) is 3.44. The number of nitrogens with zero attached hydrogens (tertiary/aromatic N) is 3. The highest BCUT2D eigenvalue weighted by Gasteiger charge is 2.32. The van der Waals surface area contributed by atoms with Crippen molar-refractivity contribution in [3.05, 3.63) is 48.3 Å². The summed E-state index contributed by atoms with van der Waals surface area (Å²) in [5.74, 6) is 1.36. The highest BCUT2D eigenvalue weighted by atomic mass is 32.2. The Morgan fingerprint density at radius 1 is 1.27 bits per heavy atom. The average Bonchev–Trinajstić information content (AvgIpc) is 2.51. The summed E-state index contributed by atoms with van der Waals surface area (Å²) in [7, 11) is 0. The number of carbonyl (C=O) groups excluding carboxylic acids is 1. The molecule has 1 aliphatic heterocycles. The number of aromatic nitrogens is 2. The van der Waals surface area contributed by atoms with Crippen molar-refractivity contribution in [2.45, 2.75) is 18.2 Å². The molecule has 1 amide bonds. The number of hydrogen-bond donors (Lipinski definition) is 0. The molecular weight excluding hydrogens is 298 g/mol. The first-order valence-corrected chi connectivity index (χ1v) is 8.11. The number of benzene rings is 1. The van der Waals surface area contributed by atoms with Crippen molar-refractivity contribution in [1.29, 1.82) is 0 Å². The monoisotopic (exact) mass is 315 g/mol. The molecule has 5 nitrogen and oxygen atoms in total. The van der Waals surface area contributed by atoms with Crippen LogP contribution in [0.25, 0.3) is 0 Å². The number of likely N-dealkylation sites (tertiary alicyclic amines) is 1. The van der Waals surface area contributed by atoms with Crippen molar-refractivity contribution in [1.82, 2.24) is 14.9 Å². The van der Waals surface area contributed by atoms with Crippen molar-refractivity contribution >= 4 is 17.7 Å². The van der Waals surface area contributed by atoms with Gasteiger partial charge in [-0.3, -0.25) is 4.79 Å². The first-order chi connectivity index (χ1) is 10.7. The van der Waals surface area contributed by atoms with Crippen LogP contribution in [-0.2, 0) is 4.79 Å². The minimum Gasteiger partial charge on any atom is -0.486 e. The van der Waals surface area contributed by atoms with Gasteiger partial charge >= 0.3 is 0 Å². The van der Waals surface area contributed by atoms with Gasteiger partial charge in [-0.05, 0) is 24.6 Å². The van der Waals surface area contributed by atoms with Gasteiger partial charge in [0.15, 0.2) is 5.16 Å². The Bertz CT molecular complexity index is 645. The maximum Gasteiger partial charge on any atom is 0.233 e. The highest BCUT2D eigenvalue weighted by Crippen LogP contribution is 2.22. The summed E-state index contributed by atoms with van der Waals surface area (Å²) >= 11 is 1.36. The molecule has 22 heavy (non-hydrogen) atoms. The molecule has 0 aliphatic carbocycles. The normalized spacial score (nSPS) is 14.5. The molecule has 1 aromatic heterocycles. The van der Waals surface area contributed by atoms with E-state index in [0.717, 1.165) is 11.3 Å². The molecule has 114 valence electrons. The minimum absolute atomic E-state index is 0.0861. The third-order valence-electron chi connectivity index (χ3n) is 3.45. The largest absolute Gasteiger partial charge is 0.486 e. The summed E-state index contributed by atoms with van der Waals surface area (Å²) in [4.78, 5) is 22.0. The van der Waals surface area contributed by atoms with Crippen molar-refractivity contribution in [3.63, 3.8) is 0 Å². The lowest BCUT2D eigenvalue weighted by Crippen LogP contribution is -2.56. The summed E-state index contributed by atoms with van der Waals surface area (Å²) in [5, 5.41) is 0.629. The minimum atomic E-state index is 0.0861. The zero-order chi connectivity index (χ0) is 15.4. The van der Waals surface area contributed by atoms with Gasteiger partial charge in [-0.25, -0.2) is 9.97 Å². The molecule has 1 aliphatic rings. The standard InChI is InChI=1S/C16H17N3O2S/c1-12-5-2-3-6-14(12)21-13-9-19(10-13)15(20)11-22-16-17-7-4-8-18-16/h2-8,13H,9-11H2,1H3. The van der Waals surface area contributed by atoms with E-state index in [0.29, 0.717) is 24.0 Å². The molecule has 0 radical (unpaired) electrons. The molecule has 3 rings (SSSR count). The third-order valence-corrected chi connectivity index (χ3v) is 4.32. The Morgan fingerprint density at radius 3 is 2.73 bits per heavy atom. The van der Waals surface area contributed by atoms with Gasteiger partial charge in [-0.1, -0.05) is 30.0 Å². The van der Waals surface area contributed by atoms with Crippen LogP contribution in [0.5, 0.6) is 5.75 Å². The lowest BCUT2D eigenvalue weighted by molar-refractivity contribution is -0.137. The van der Waals surface area contributed by atoms with E-state index in [-0.39, 0.29) is 12.0 Å². The number of carbonyl (C=O) groups is 1. The number of aryl methyl sites for hydroxylation is 1. The fourth-order valence-electron chi connectivity index (χ4n) is 2.16. The zero-order valence-corrected chi connectivity index (χ0v) is 13.1. The first kappa shape index (κ1) is 14.8.